The smallest absolute Gasteiger partial charge is 0.275 e. The van der Waals surface area contributed by atoms with Gasteiger partial charge in [0.15, 0.2) is 0 Å². The third-order valence-corrected chi connectivity index (χ3v) is 1.67. The molecule has 72 valence electrons. The van der Waals surface area contributed by atoms with Gasteiger partial charge in [0.05, 0.1) is 0 Å². The second-order valence-electron chi connectivity index (χ2n) is 3.09. The summed E-state index contributed by atoms with van der Waals surface area (Å²) in [5.41, 5.74) is 0.897. The minimum atomic E-state index is 0.0827. The van der Waals surface area contributed by atoms with Crippen LogP contribution < -0.4 is 0 Å². The minimum absolute atomic E-state index is 0.0827. The molecule has 0 aliphatic rings. The van der Waals surface area contributed by atoms with E-state index in [1.807, 2.05) is 32.8 Å². The number of aliphatic hydroxyl groups excluding tert-OH is 1. The molecule has 0 fully saturated rings. The van der Waals surface area contributed by atoms with E-state index in [4.69, 9.17) is 4.74 Å². The molecule has 0 radical (unpaired) electrons. The number of rotatable bonds is 5. The lowest BCUT2D eigenvalue weighted by atomic mass is 10.2. The summed E-state index contributed by atoms with van der Waals surface area (Å²) in [5, 5.41) is 9.27. The Morgan fingerprint density at radius 2 is 2.00 bits per heavy atom. The Morgan fingerprint density at radius 1 is 1.42 bits per heavy atom. The molecule has 3 nitrogen and oxygen atoms in total. The summed E-state index contributed by atoms with van der Waals surface area (Å²) in [6.45, 7) is 5.21. The molecule has 0 aliphatic heterocycles. The van der Waals surface area contributed by atoms with Crippen LogP contribution in [0.5, 0.6) is 0 Å². The number of allylic oxidation sites excluding steroid dienone is 1. The molecular weight excluding hydrogens is 154 g/mol. The van der Waals surface area contributed by atoms with Crippen LogP contribution in [0.4, 0.5) is 0 Å². The lowest BCUT2D eigenvalue weighted by molar-refractivity contribution is 0.0788. The van der Waals surface area contributed by atoms with E-state index >= 15 is 0 Å². The second-order valence-corrected chi connectivity index (χ2v) is 3.09. The van der Waals surface area contributed by atoms with Crippen LogP contribution in [0, 0.1) is 0 Å². The first-order valence-corrected chi connectivity index (χ1v) is 4.24. The average Bonchev–Trinajstić information content (AvgIpc) is 2.02. The maximum absolute atomic E-state index is 9.27. The normalized spacial score (nSPS) is 13.1. The molecule has 0 aliphatic carbocycles. The number of nitrogens with zero attached hydrogens (tertiary/aromatic N) is 1. The molecule has 1 N–H and O–H groups in total. The van der Waals surface area contributed by atoms with E-state index in [1.165, 1.54) is 0 Å². The first-order valence-electron chi connectivity index (χ1n) is 4.24. The Bertz CT molecular complexity index is 153. The molecule has 0 saturated carbocycles. The SMILES string of the molecule is CC/C(C)=C(/O)OCCN(C)C. The molecule has 0 aromatic carbocycles. The fourth-order valence-corrected chi connectivity index (χ4v) is 0.599. The van der Waals surface area contributed by atoms with Gasteiger partial charge in [-0.15, -0.1) is 0 Å². The molecule has 0 atom stereocenters. The highest BCUT2D eigenvalue weighted by molar-refractivity contribution is 4.96. The number of hydrogen-bond acceptors (Lipinski definition) is 3. The Labute approximate surface area is 74.6 Å². The maximum atomic E-state index is 9.27. The monoisotopic (exact) mass is 173 g/mol. The van der Waals surface area contributed by atoms with Crippen LogP contribution in [0.25, 0.3) is 0 Å². The zero-order valence-corrected chi connectivity index (χ0v) is 8.42. The summed E-state index contributed by atoms with van der Waals surface area (Å²) in [6, 6.07) is 0. The van der Waals surface area contributed by atoms with E-state index in [9.17, 15) is 5.11 Å². The van der Waals surface area contributed by atoms with Crippen molar-refractivity contribution in [1.82, 2.24) is 4.90 Å². The second kappa shape index (κ2) is 5.89. The molecule has 0 unspecified atom stereocenters. The van der Waals surface area contributed by atoms with Gasteiger partial charge in [-0.1, -0.05) is 6.92 Å². The number of aliphatic hydroxyl groups is 1. The topological polar surface area (TPSA) is 32.7 Å². The van der Waals surface area contributed by atoms with Crippen LogP contribution in [0.1, 0.15) is 20.3 Å². The molecule has 0 spiro atoms. The van der Waals surface area contributed by atoms with Crippen molar-refractivity contribution in [2.75, 3.05) is 27.2 Å². The summed E-state index contributed by atoms with van der Waals surface area (Å²) in [4.78, 5) is 2.01. The van der Waals surface area contributed by atoms with E-state index in [0.29, 0.717) is 6.61 Å². The molecule has 0 heterocycles. The van der Waals surface area contributed by atoms with Crippen molar-refractivity contribution < 1.29 is 9.84 Å². The predicted octanol–water partition coefficient (Wildman–Crippen LogP) is 1.76. The average molecular weight is 173 g/mol. The first kappa shape index (κ1) is 11.3. The van der Waals surface area contributed by atoms with Crippen LogP contribution in [0.2, 0.25) is 0 Å². The molecule has 0 bridgehead atoms. The maximum Gasteiger partial charge on any atom is 0.275 e. The molecular formula is C9H19NO2. The highest BCUT2D eigenvalue weighted by atomic mass is 16.6. The van der Waals surface area contributed by atoms with Gasteiger partial charge >= 0.3 is 0 Å². The van der Waals surface area contributed by atoms with Gasteiger partial charge in [-0.25, -0.2) is 0 Å². The van der Waals surface area contributed by atoms with Gasteiger partial charge in [0, 0.05) is 12.1 Å². The highest BCUT2D eigenvalue weighted by Gasteiger charge is 1.99. The van der Waals surface area contributed by atoms with Gasteiger partial charge < -0.3 is 14.7 Å². The quantitative estimate of drug-likeness (QED) is 0.643. The van der Waals surface area contributed by atoms with Gasteiger partial charge in [0.2, 0.25) is 0 Å². The lowest BCUT2D eigenvalue weighted by Crippen LogP contribution is -2.18. The third-order valence-electron chi connectivity index (χ3n) is 1.67. The Kier molecular flexibility index (Phi) is 5.54. The van der Waals surface area contributed by atoms with E-state index in [1.54, 1.807) is 0 Å². The Morgan fingerprint density at radius 3 is 2.42 bits per heavy atom. The number of ether oxygens (including phenoxy) is 1. The molecule has 0 aromatic heterocycles. The van der Waals surface area contributed by atoms with Gasteiger partial charge in [0.25, 0.3) is 5.95 Å². The minimum Gasteiger partial charge on any atom is -0.481 e. The van der Waals surface area contributed by atoms with Gasteiger partial charge in [-0.2, -0.15) is 0 Å². The highest BCUT2D eigenvalue weighted by Crippen LogP contribution is 2.05. The first-order chi connectivity index (χ1) is 5.57. The van der Waals surface area contributed by atoms with Crippen molar-refractivity contribution in [3.63, 3.8) is 0 Å². The van der Waals surface area contributed by atoms with Crippen LogP contribution in [0.15, 0.2) is 11.5 Å². The fraction of sp³-hybridized carbons (Fsp3) is 0.778. The number of hydrogen-bond donors (Lipinski definition) is 1. The van der Waals surface area contributed by atoms with E-state index in [2.05, 4.69) is 0 Å². The van der Waals surface area contributed by atoms with Crippen molar-refractivity contribution in [2.24, 2.45) is 0 Å². The Hall–Kier alpha value is -0.700. The Balaban J connectivity index is 3.63. The van der Waals surface area contributed by atoms with E-state index in [0.717, 1.165) is 18.5 Å². The van der Waals surface area contributed by atoms with E-state index in [-0.39, 0.29) is 5.95 Å². The van der Waals surface area contributed by atoms with Crippen LogP contribution >= 0.6 is 0 Å². The fourth-order valence-electron chi connectivity index (χ4n) is 0.599. The molecule has 0 amide bonds. The zero-order valence-electron chi connectivity index (χ0n) is 8.42. The standard InChI is InChI=1S/C9H19NO2/c1-5-8(2)9(11)12-7-6-10(3)4/h11H,5-7H2,1-4H3/b9-8-. The van der Waals surface area contributed by atoms with E-state index < -0.39 is 0 Å². The van der Waals surface area contributed by atoms with Crippen molar-refractivity contribution >= 4 is 0 Å². The van der Waals surface area contributed by atoms with Gasteiger partial charge in [0.1, 0.15) is 6.61 Å². The van der Waals surface area contributed by atoms with Crippen LogP contribution in [-0.4, -0.2) is 37.3 Å². The van der Waals surface area contributed by atoms with Gasteiger partial charge in [-0.05, 0) is 27.4 Å². The summed E-state index contributed by atoms with van der Waals surface area (Å²) < 4.78 is 5.10. The summed E-state index contributed by atoms with van der Waals surface area (Å²) in [6.07, 6.45) is 0.827. The molecule has 0 aromatic rings. The molecule has 3 heteroatoms. The van der Waals surface area contributed by atoms with Crippen molar-refractivity contribution in [2.45, 2.75) is 20.3 Å². The molecule has 12 heavy (non-hydrogen) atoms. The largest absolute Gasteiger partial charge is 0.481 e. The van der Waals surface area contributed by atoms with Crippen LogP contribution in [-0.2, 0) is 4.74 Å². The van der Waals surface area contributed by atoms with Gasteiger partial charge in [-0.3, -0.25) is 0 Å². The predicted molar refractivity (Wildman–Crippen MR) is 50.1 cm³/mol. The summed E-state index contributed by atoms with van der Waals surface area (Å²) in [5.74, 6) is 0.0827. The number of likely N-dealkylation sites (N-methyl/N-ethyl adjacent to an activating group) is 1. The molecule has 0 saturated heterocycles. The van der Waals surface area contributed by atoms with Crippen molar-refractivity contribution in [3.05, 3.63) is 11.5 Å². The van der Waals surface area contributed by atoms with Crippen LogP contribution in [0.3, 0.4) is 0 Å². The van der Waals surface area contributed by atoms with Crippen molar-refractivity contribution in [3.8, 4) is 0 Å². The summed E-state index contributed by atoms with van der Waals surface area (Å²) >= 11 is 0. The van der Waals surface area contributed by atoms with Crippen molar-refractivity contribution in [1.29, 1.82) is 0 Å². The summed E-state index contributed by atoms with van der Waals surface area (Å²) in [7, 11) is 3.94. The molecule has 0 rings (SSSR count). The zero-order chi connectivity index (χ0) is 9.56. The third kappa shape index (κ3) is 5.02. The lowest BCUT2D eigenvalue weighted by Gasteiger charge is -2.11.